The van der Waals surface area contributed by atoms with Crippen molar-refractivity contribution in [2.75, 3.05) is 24.5 Å². The number of rotatable bonds is 7. The van der Waals surface area contributed by atoms with Crippen LogP contribution in [0.5, 0.6) is 0 Å². The van der Waals surface area contributed by atoms with E-state index in [0.29, 0.717) is 17.6 Å². The lowest BCUT2D eigenvalue weighted by atomic mass is 10.2. The molecule has 0 aliphatic carbocycles. The van der Waals surface area contributed by atoms with Gasteiger partial charge in [0.25, 0.3) is 5.56 Å². The summed E-state index contributed by atoms with van der Waals surface area (Å²) in [5, 5.41) is 8.01. The van der Waals surface area contributed by atoms with Crippen molar-refractivity contribution in [3.63, 3.8) is 0 Å². The summed E-state index contributed by atoms with van der Waals surface area (Å²) >= 11 is 6.30. The van der Waals surface area contributed by atoms with Crippen LogP contribution in [0.4, 0.5) is 5.69 Å². The van der Waals surface area contributed by atoms with Crippen LogP contribution in [-0.4, -0.2) is 35.5 Å². The number of nitrogens with one attached hydrogen (secondary N) is 1. The second-order valence-corrected chi connectivity index (χ2v) is 5.94. The van der Waals surface area contributed by atoms with Crippen LogP contribution in [0, 0.1) is 0 Å². The van der Waals surface area contributed by atoms with Gasteiger partial charge in [0.2, 0.25) is 0 Å². The third kappa shape index (κ3) is 3.98. The predicted octanol–water partition coefficient (Wildman–Crippen LogP) is 2.28. The summed E-state index contributed by atoms with van der Waals surface area (Å²) in [7, 11) is 0. The van der Waals surface area contributed by atoms with Crippen LogP contribution in [0.3, 0.4) is 0 Å². The van der Waals surface area contributed by atoms with E-state index >= 15 is 0 Å². The molecule has 21 heavy (non-hydrogen) atoms. The molecular weight excluding hydrogens is 288 g/mol. The Kier molecular flexibility index (Phi) is 6.06. The Bertz CT molecular complexity index is 511. The molecule has 0 aromatic carbocycles. The maximum Gasteiger partial charge on any atom is 0.287 e. The van der Waals surface area contributed by atoms with Gasteiger partial charge in [-0.15, -0.1) is 0 Å². The molecule has 0 radical (unpaired) electrons. The van der Waals surface area contributed by atoms with Gasteiger partial charge in [0.15, 0.2) is 0 Å². The molecule has 5 nitrogen and oxygen atoms in total. The van der Waals surface area contributed by atoms with Crippen LogP contribution < -0.4 is 15.8 Å². The molecule has 2 heterocycles. The predicted molar refractivity (Wildman–Crippen MR) is 87.3 cm³/mol. The summed E-state index contributed by atoms with van der Waals surface area (Å²) < 4.78 is 1.40. The molecule has 0 spiro atoms. The van der Waals surface area contributed by atoms with Crippen LogP contribution in [0.1, 0.15) is 39.5 Å². The SMILES string of the molecule is CCCCN(CC1CCCN1)c1cnn(CC)c(=O)c1Cl. The Morgan fingerprint density at radius 2 is 2.33 bits per heavy atom. The fourth-order valence-electron chi connectivity index (χ4n) is 2.74. The molecule has 1 unspecified atom stereocenters. The van der Waals surface area contributed by atoms with Crippen molar-refractivity contribution in [2.24, 2.45) is 0 Å². The Balaban J connectivity index is 2.22. The first kappa shape index (κ1) is 16.3. The summed E-state index contributed by atoms with van der Waals surface area (Å²) in [6, 6.07) is 0.478. The maximum absolute atomic E-state index is 12.2. The Morgan fingerprint density at radius 1 is 1.52 bits per heavy atom. The van der Waals surface area contributed by atoms with Gasteiger partial charge >= 0.3 is 0 Å². The Morgan fingerprint density at radius 3 is 2.95 bits per heavy atom. The van der Waals surface area contributed by atoms with Gasteiger partial charge in [-0.25, -0.2) is 4.68 Å². The minimum atomic E-state index is -0.197. The number of unbranched alkanes of at least 4 members (excludes halogenated alkanes) is 1. The largest absolute Gasteiger partial charge is 0.367 e. The van der Waals surface area contributed by atoms with Crippen LogP contribution in [0.25, 0.3) is 0 Å². The molecular formula is C15H25ClN4O. The highest BCUT2D eigenvalue weighted by Gasteiger charge is 2.21. The Hall–Kier alpha value is -1.07. The number of aryl methyl sites for hydroxylation is 1. The van der Waals surface area contributed by atoms with E-state index in [9.17, 15) is 4.79 Å². The van der Waals surface area contributed by atoms with E-state index < -0.39 is 0 Å². The number of anilines is 1. The molecule has 1 aliphatic rings. The zero-order chi connectivity index (χ0) is 15.2. The van der Waals surface area contributed by atoms with Gasteiger partial charge in [0.05, 0.1) is 11.9 Å². The molecule has 1 aliphatic heterocycles. The standard InChI is InChI=1S/C15H25ClN4O/c1-3-5-9-19(11-12-7-6-8-17-12)13-10-18-20(4-2)15(21)14(13)16/h10,12,17H,3-9,11H2,1-2H3. The number of halogens is 1. The highest BCUT2D eigenvalue weighted by atomic mass is 35.5. The van der Waals surface area contributed by atoms with E-state index in [0.717, 1.165) is 38.2 Å². The van der Waals surface area contributed by atoms with Gasteiger partial charge in [-0.2, -0.15) is 5.10 Å². The van der Waals surface area contributed by atoms with Gasteiger partial charge in [-0.1, -0.05) is 24.9 Å². The summed E-state index contributed by atoms with van der Waals surface area (Å²) in [4.78, 5) is 14.4. The topological polar surface area (TPSA) is 50.2 Å². The lowest BCUT2D eigenvalue weighted by Gasteiger charge is -2.28. The second-order valence-electron chi connectivity index (χ2n) is 5.56. The van der Waals surface area contributed by atoms with E-state index in [1.54, 1.807) is 6.20 Å². The van der Waals surface area contributed by atoms with Crippen LogP contribution in [0.15, 0.2) is 11.0 Å². The number of aromatic nitrogens is 2. The number of nitrogens with zero attached hydrogens (tertiary/aromatic N) is 3. The molecule has 1 saturated heterocycles. The van der Waals surface area contributed by atoms with Gasteiger partial charge < -0.3 is 10.2 Å². The lowest BCUT2D eigenvalue weighted by molar-refractivity contribution is 0.566. The monoisotopic (exact) mass is 312 g/mol. The average Bonchev–Trinajstić information content (AvgIpc) is 2.99. The van der Waals surface area contributed by atoms with Gasteiger partial charge in [-0.05, 0) is 32.7 Å². The molecule has 1 fully saturated rings. The molecule has 0 bridgehead atoms. The van der Waals surface area contributed by atoms with E-state index in [2.05, 4.69) is 22.2 Å². The minimum Gasteiger partial charge on any atom is -0.367 e. The maximum atomic E-state index is 12.2. The van der Waals surface area contributed by atoms with E-state index in [1.165, 1.54) is 17.5 Å². The Labute approximate surface area is 131 Å². The first-order chi connectivity index (χ1) is 10.2. The molecule has 1 aromatic rings. The summed E-state index contributed by atoms with van der Waals surface area (Å²) in [6.07, 6.45) is 6.33. The van der Waals surface area contributed by atoms with E-state index in [-0.39, 0.29) is 5.56 Å². The van der Waals surface area contributed by atoms with Gasteiger partial charge in [0, 0.05) is 25.7 Å². The van der Waals surface area contributed by atoms with Crippen molar-refractivity contribution in [3.05, 3.63) is 21.6 Å². The van der Waals surface area contributed by atoms with Crippen molar-refractivity contribution in [3.8, 4) is 0 Å². The highest BCUT2D eigenvalue weighted by molar-refractivity contribution is 6.33. The van der Waals surface area contributed by atoms with Crippen LogP contribution in [-0.2, 0) is 6.54 Å². The fourth-order valence-corrected chi connectivity index (χ4v) is 3.01. The molecule has 2 rings (SSSR count). The third-order valence-corrected chi connectivity index (χ3v) is 4.35. The first-order valence-corrected chi connectivity index (χ1v) is 8.29. The number of hydrogen-bond acceptors (Lipinski definition) is 4. The molecule has 0 amide bonds. The van der Waals surface area contributed by atoms with Crippen molar-refractivity contribution >= 4 is 17.3 Å². The zero-order valence-electron chi connectivity index (χ0n) is 12.9. The summed E-state index contributed by atoms with van der Waals surface area (Å²) in [5.74, 6) is 0. The third-order valence-electron chi connectivity index (χ3n) is 3.99. The molecule has 1 N–H and O–H groups in total. The van der Waals surface area contributed by atoms with E-state index in [4.69, 9.17) is 11.6 Å². The normalized spacial score (nSPS) is 18.1. The molecule has 0 saturated carbocycles. The fraction of sp³-hybridized carbons (Fsp3) is 0.733. The zero-order valence-corrected chi connectivity index (χ0v) is 13.7. The molecule has 118 valence electrons. The summed E-state index contributed by atoms with van der Waals surface area (Å²) in [6.45, 7) is 7.47. The van der Waals surface area contributed by atoms with Crippen molar-refractivity contribution in [2.45, 2.75) is 52.1 Å². The quantitative estimate of drug-likeness (QED) is 0.839. The van der Waals surface area contributed by atoms with Crippen molar-refractivity contribution < 1.29 is 0 Å². The highest BCUT2D eigenvalue weighted by Crippen LogP contribution is 2.23. The van der Waals surface area contributed by atoms with Gasteiger partial charge in [-0.3, -0.25) is 4.79 Å². The molecule has 6 heteroatoms. The van der Waals surface area contributed by atoms with Crippen LogP contribution in [0.2, 0.25) is 5.02 Å². The minimum absolute atomic E-state index is 0.197. The lowest BCUT2D eigenvalue weighted by Crippen LogP contribution is -2.39. The molecule has 1 atom stereocenters. The second kappa shape index (κ2) is 7.80. The van der Waals surface area contributed by atoms with Crippen molar-refractivity contribution in [1.82, 2.24) is 15.1 Å². The first-order valence-electron chi connectivity index (χ1n) is 7.91. The average molecular weight is 313 g/mol. The number of hydrogen-bond donors (Lipinski definition) is 1. The van der Waals surface area contributed by atoms with Gasteiger partial charge in [0.1, 0.15) is 5.02 Å². The smallest absolute Gasteiger partial charge is 0.287 e. The molecule has 1 aromatic heterocycles. The van der Waals surface area contributed by atoms with Crippen molar-refractivity contribution in [1.29, 1.82) is 0 Å². The van der Waals surface area contributed by atoms with E-state index in [1.807, 2.05) is 6.92 Å². The van der Waals surface area contributed by atoms with Crippen LogP contribution >= 0.6 is 11.6 Å². The summed E-state index contributed by atoms with van der Waals surface area (Å²) in [5.41, 5.74) is 0.575.